The highest BCUT2D eigenvalue weighted by Gasteiger charge is 2.39. The first-order valence-electron chi connectivity index (χ1n) is 11.7. The Morgan fingerprint density at radius 3 is 2.60 bits per heavy atom. The Labute approximate surface area is 224 Å². The summed E-state index contributed by atoms with van der Waals surface area (Å²) in [4.78, 5) is 30.5. The van der Waals surface area contributed by atoms with Crippen molar-refractivity contribution in [2.24, 2.45) is 0 Å². The second-order valence-corrected chi connectivity index (χ2v) is 11.7. The molecule has 192 valence electrons. The maximum Gasteiger partial charge on any atom is 0.410 e. The summed E-state index contributed by atoms with van der Waals surface area (Å²) in [6.45, 7) is 14.4. The van der Waals surface area contributed by atoms with Crippen LogP contribution in [0.2, 0.25) is 5.15 Å². The van der Waals surface area contributed by atoms with E-state index in [1.807, 2.05) is 45.6 Å². The minimum absolute atomic E-state index is 0.0912. The Morgan fingerprint density at radius 1 is 1.29 bits per heavy atom. The number of anilines is 1. The maximum atomic E-state index is 15.1. The normalized spacial score (nSPS) is 18.7. The molecular weight excluding hydrogens is 557 g/mol. The highest BCUT2D eigenvalue weighted by Crippen LogP contribution is 2.38. The minimum atomic E-state index is -0.673. The van der Waals surface area contributed by atoms with Crippen LogP contribution in [0.1, 0.15) is 53.9 Å². The molecule has 1 saturated heterocycles. The van der Waals surface area contributed by atoms with E-state index in [-0.39, 0.29) is 28.8 Å². The lowest BCUT2D eigenvalue weighted by atomic mass is 10.0. The summed E-state index contributed by atoms with van der Waals surface area (Å²) in [5, 5.41) is 0.690. The molecule has 3 heterocycles. The standard InChI is InChI=1S/C24H32BrClFN5O2S/c1-7-10-11-15-13-32(23(33)34-24(4,5)6)14(8-2)12-31(15)21-16-18(28-22(30-21)35-9-3)17(27)20(26)29-19(16)25/h7,14-15H,1,8-13H2,2-6H3/t14-,15+/m1/s1. The first kappa shape index (κ1) is 27.9. The van der Waals surface area contributed by atoms with Crippen molar-refractivity contribution in [2.75, 3.05) is 23.7 Å². The summed E-state index contributed by atoms with van der Waals surface area (Å²) in [6.07, 6.45) is 3.74. The van der Waals surface area contributed by atoms with E-state index in [2.05, 4.69) is 37.4 Å². The van der Waals surface area contributed by atoms with Crippen molar-refractivity contribution >= 4 is 62.1 Å². The van der Waals surface area contributed by atoms with Crippen LogP contribution in [-0.2, 0) is 4.74 Å². The van der Waals surface area contributed by atoms with Gasteiger partial charge in [-0.1, -0.05) is 43.3 Å². The van der Waals surface area contributed by atoms with Crippen LogP contribution in [0, 0.1) is 5.82 Å². The zero-order valence-electron chi connectivity index (χ0n) is 20.8. The van der Waals surface area contributed by atoms with Gasteiger partial charge in [-0.25, -0.2) is 24.1 Å². The third-order valence-corrected chi connectivity index (χ3v) is 7.26. The number of nitrogens with zero attached hydrogens (tertiary/aromatic N) is 5. The molecule has 0 bridgehead atoms. The molecule has 0 aliphatic carbocycles. The van der Waals surface area contributed by atoms with Gasteiger partial charge in [0.25, 0.3) is 0 Å². The molecule has 1 amide bonds. The Bertz CT molecular complexity index is 1100. The van der Waals surface area contributed by atoms with Crippen molar-refractivity contribution in [2.45, 2.75) is 76.7 Å². The van der Waals surface area contributed by atoms with Crippen molar-refractivity contribution in [3.05, 3.63) is 28.2 Å². The first-order chi connectivity index (χ1) is 16.5. The van der Waals surface area contributed by atoms with Crippen molar-refractivity contribution in [3.63, 3.8) is 0 Å². The third kappa shape index (κ3) is 6.38. The van der Waals surface area contributed by atoms with E-state index in [1.165, 1.54) is 11.8 Å². The molecule has 0 saturated carbocycles. The van der Waals surface area contributed by atoms with Crippen molar-refractivity contribution in [1.29, 1.82) is 0 Å². The van der Waals surface area contributed by atoms with Gasteiger partial charge < -0.3 is 14.5 Å². The Morgan fingerprint density at radius 2 is 2.00 bits per heavy atom. The first-order valence-corrected chi connectivity index (χ1v) is 13.9. The lowest BCUT2D eigenvalue weighted by Crippen LogP contribution is -2.60. The molecule has 11 heteroatoms. The quantitative estimate of drug-likeness (QED) is 0.151. The lowest BCUT2D eigenvalue weighted by molar-refractivity contribution is 0.00969. The van der Waals surface area contributed by atoms with Gasteiger partial charge in [0.15, 0.2) is 16.1 Å². The van der Waals surface area contributed by atoms with E-state index in [1.54, 1.807) is 0 Å². The Hall–Kier alpha value is -1.65. The predicted molar refractivity (Wildman–Crippen MR) is 144 cm³/mol. The average Bonchev–Trinajstić information content (AvgIpc) is 2.79. The number of halogens is 3. The van der Waals surface area contributed by atoms with Gasteiger partial charge in [-0.3, -0.25) is 0 Å². The SMILES string of the molecule is C=CCC[C@H]1CN(C(=O)OC(C)(C)C)[C@H](CC)CN1c1nc(SCC)nc2c(F)c(Cl)nc(Br)c12. The molecule has 1 aliphatic rings. The van der Waals surface area contributed by atoms with Crippen molar-refractivity contribution in [1.82, 2.24) is 19.9 Å². The zero-order valence-corrected chi connectivity index (χ0v) is 23.9. The number of thioether (sulfide) groups is 1. The summed E-state index contributed by atoms with van der Waals surface area (Å²) < 4.78 is 21.2. The number of fused-ring (bicyclic) bond motifs is 1. The fourth-order valence-electron chi connectivity index (χ4n) is 4.13. The maximum absolute atomic E-state index is 15.1. The summed E-state index contributed by atoms with van der Waals surface area (Å²) in [6, 6.07) is -0.201. The Balaban J connectivity index is 2.14. The molecule has 1 fully saturated rings. The molecule has 0 aromatic carbocycles. The van der Waals surface area contributed by atoms with Gasteiger partial charge in [-0.05, 0) is 61.7 Å². The number of amides is 1. The number of pyridine rings is 1. The fraction of sp³-hybridized carbons (Fsp3) is 0.583. The topological polar surface area (TPSA) is 71.5 Å². The number of hydrogen-bond donors (Lipinski definition) is 0. The van der Waals surface area contributed by atoms with Gasteiger partial charge in [0.1, 0.15) is 21.5 Å². The number of rotatable bonds is 7. The number of carbonyl (C=O) groups excluding carboxylic acids is 1. The molecule has 35 heavy (non-hydrogen) atoms. The summed E-state index contributed by atoms with van der Waals surface area (Å²) >= 11 is 10.9. The van der Waals surface area contributed by atoms with E-state index in [4.69, 9.17) is 21.3 Å². The van der Waals surface area contributed by atoms with Gasteiger partial charge in [0.2, 0.25) is 0 Å². The summed E-state index contributed by atoms with van der Waals surface area (Å²) in [7, 11) is 0. The minimum Gasteiger partial charge on any atom is -0.444 e. The third-order valence-electron chi connectivity index (χ3n) is 5.71. The molecule has 2 aromatic rings. The highest BCUT2D eigenvalue weighted by atomic mass is 79.9. The van der Waals surface area contributed by atoms with E-state index >= 15 is 4.39 Å². The number of allylic oxidation sites excluding steroid dienone is 1. The van der Waals surface area contributed by atoms with Gasteiger partial charge >= 0.3 is 6.09 Å². The smallest absolute Gasteiger partial charge is 0.410 e. The van der Waals surface area contributed by atoms with Crippen LogP contribution in [0.3, 0.4) is 0 Å². The average molecular weight is 589 g/mol. The van der Waals surface area contributed by atoms with Crippen molar-refractivity contribution < 1.29 is 13.9 Å². The lowest BCUT2D eigenvalue weighted by Gasteiger charge is -2.47. The zero-order chi connectivity index (χ0) is 25.9. The fourth-order valence-corrected chi connectivity index (χ4v) is 5.51. The summed E-state index contributed by atoms with van der Waals surface area (Å²) in [5.74, 6) is 0.641. The van der Waals surface area contributed by atoms with Crippen LogP contribution in [0.4, 0.5) is 15.0 Å². The monoisotopic (exact) mass is 587 g/mol. The van der Waals surface area contributed by atoms with Crippen LogP contribution in [0.5, 0.6) is 0 Å². The van der Waals surface area contributed by atoms with Crippen LogP contribution < -0.4 is 4.90 Å². The van der Waals surface area contributed by atoms with Crippen LogP contribution in [-0.4, -0.2) is 62.5 Å². The molecule has 3 rings (SSSR count). The molecule has 0 radical (unpaired) electrons. The molecule has 2 atom stereocenters. The van der Waals surface area contributed by atoms with E-state index in [0.29, 0.717) is 34.1 Å². The van der Waals surface area contributed by atoms with E-state index in [0.717, 1.165) is 25.0 Å². The molecule has 0 N–H and O–H groups in total. The highest BCUT2D eigenvalue weighted by molar-refractivity contribution is 9.10. The number of aromatic nitrogens is 3. The number of piperazine rings is 1. The molecule has 1 aliphatic heterocycles. The predicted octanol–water partition coefficient (Wildman–Crippen LogP) is 6.86. The number of ether oxygens (including phenoxy) is 1. The molecular formula is C24H32BrClFN5O2S. The van der Waals surface area contributed by atoms with Crippen LogP contribution >= 0.6 is 39.3 Å². The Kier molecular flexibility index (Phi) is 9.26. The molecule has 2 aromatic heterocycles. The molecule has 7 nitrogen and oxygen atoms in total. The summed E-state index contributed by atoms with van der Waals surface area (Å²) in [5.41, 5.74) is -0.464. The van der Waals surface area contributed by atoms with Gasteiger partial charge in [-0.15, -0.1) is 6.58 Å². The second kappa shape index (κ2) is 11.6. The molecule has 0 spiro atoms. The largest absolute Gasteiger partial charge is 0.444 e. The van der Waals surface area contributed by atoms with Crippen molar-refractivity contribution in [3.8, 4) is 0 Å². The van der Waals surface area contributed by atoms with Gasteiger partial charge in [-0.2, -0.15) is 0 Å². The van der Waals surface area contributed by atoms with Gasteiger partial charge in [0, 0.05) is 19.1 Å². The van der Waals surface area contributed by atoms with E-state index in [9.17, 15) is 4.79 Å². The van der Waals surface area contributed by atoms with Crippen LogP contribution in [0.25, 0.3) is 10.9 Å². The van der Waals surface area contributed by atoms with Crippen LogP contribution in [0.15, 0.2) is 22.4 Å². The second-order valence-electron chi connectivity index (χ2n) is 9.36. The van der Waals surface area contributed by atoms with E-state index < -0.39 is 11.4 Å². The number of hydrogen-bond acceptors (Lipinski definition) is 7. The van der Waals surface area contributed by atoms with Gasteiger partial charge in [0.05, 0.1) is 11.4 Å². The number of carbonyl (C=O) groups is 1. The molecule has 0 unspecified atom stereocenters.